The summed E-state index contributed by atoms with van der Waals surface area (Å²) in [6.07, 6.45) is 0. The summed E-state index contributed by atoms with van der Waals surface area (Å²) in [5.41, 5.74) is 0.443. The van der Waals surface area contributed by atoms with Gasteiger partial charge in [-0.25, -0.2) is 4.68 Å². The fourth-order valence-electron chi connectivity index (χ4n) is 1.11. The predicted molar refractivity (Wildman–Crippen MR) is 63.4 cm³/mol. The van der Waals surface area contributed by atoms with Crippen LogP contribution < -0.4 is 10.2 Å². The molecule has 1 amide bonds. The van der Waals surface area contributed by atoms with Crippen molar-refractivity contribution in [3.05, 3.63) is 15.2 Å². The average molecular weight is 254 g/mol. The van der Waals surface area contributed by atoms with E-state index in [1.54, 1.807) is 6.92 Å². The largest absolute Gasteiger partial charge is 0.336 e. The first-order valence-corrected chi connectivity index (χ1v) is 6.00. The normalized spacial score (nSPS) is 14.1. The minimum absolute atomic E-state index is 0.0244. The smallest absolute Gasteiger partial charge is 0.325 e. The topological polar surface area (TPSA) is 87.8 Å². The van der Waals surface area contributed by atoms with Crippen LogP contribution in [0.2, 0.25) is 0 Å². The summed E-state index contributed by atoms with van der Waals surface area (Å²) in [4.78, 5) is 22.6. The maximum absolute atomic E-state index is 11.7. The monoisotopic (exact) mass is 254 g/mol. The Kier molecular flexibility index (Phi) is 4.02. The number of nitrogens with zero attached hydrogens (tertiary/aromatic N) is 3. The molecule has 7 heteroatoms. The van der Waals surface area contributed by atoms with Crippen molar-refractivity contribution in [1.82, 2.24) is 15.1 Å². The average Bonchev–Trinajstić information content (AvgIpc) is 2.63. The summed E-state index contributed by atoms with van der Waals surface area (Å²) in [6, 6.07) is 2.07. The van der Waals surface area contributed by atoms with Crippen LogP contribution in [-0.4, -0.2) is 21.2 Å². The van der Waals surface area contributed by atoms with Gasteiger partial charge in [0.15, 0.2) is 0 Å². The number of rotatable bonds is 4. The zero-order chi connectivity index (χ0) is 13.1. The number of aromatic nitrogens is 2. The minimum Gasteiger partial charge on any atom is -0.336 e. The van der Waals surface area contributed by atoms with Gasteiger partial charge < -0.3 is 5.32 Å². The maximum atomic E-state index is 11.7. The Morgan fingerprint density at radius 3 is 2.82 bits per heavy atom. The van der Waals surface area contributed by atoms with Crippen molar-refractivity contribution in [3.8, 4) is 6.07 Å². The molecular weight excluding hydrogens is 240 g/mol. The van der Waals surface area contributed by atoms with Gasteiger partial charge in [-0.2, -0.15) is 10.4 Å². The molecule has 0 aliphatic heterocycles. The Hall–Kier alpha value is -1.68. The highest BCUT2D eigenvalue weighted by Crippen LogP contribution is 2.14. The molecule has 6 nitrogen and oxygen atoms in total. The van der Waals surface area contributed by atoms with Crippen molar-refractivity contribution in [2.24, 2.45) is 5.92 Å². The van der Waals surface area contributed by atoms with Gasteiger partial charge in [-0.15, -0.1) is 0 Å². The van der Waals surface area contributed by atoms with Crippen LogP contribution >= 0.6 is 11.3 Å². The molecule has 1 aromatic heterocycles. The van der Waals surface area contributed by atoms with E-state index in [9.17, 15) is 9.59 Å². The fourth-order valence-corrected chi connectivity index (χ4v) is 1.59. The van der Waals surface area contributed by atoms with Crippen molar-refractivity contribution in [2.75, 3.05) is 0 Å². The third-order valence-electron chi connectivity index (χ3n) is 2.63. The molecule has 0 saturated carbocycles. The molecule has 0 aliphatic rings. The highest BCUT2D eigenvalue weighted by molar-refractivity contribution is 7.06. The van der Waals surface area contributed by atoms with E-state index in [0.717, 1.165) is 16.0 Å². The highest BCUT2D eigenvalue weighted by atomic mass is 32.1. The van der Waals surface area contributed by atoms with Crippen LogP contribution in [0.1, 0.15) is 20.8 Å². The van der Waals surface area contributed by atoms with Gasteiger partial charge >= 0.3 is 4.87 Å². The summed E-state index contributed by atoms with van der Waals surface area (Å²) < 4.78 is 1.07. The van der Waals surface area contributed by atoms with Crippen LogP contribution in [0, 0.1) is 17.2 Å². The standard InChI is InChI=1S/C10H14N4O2S/c1-7(2)10(3,5-11)13-8(15)4-14-9(16)17-6-12-14/h6-7H,4H2,1-3H3,(H,13,15). The lowest BCUT2D eigenvalue weighted by Gasteiger charge is -2.27. The second-order valence-electron chi connectivity index (χ2n) is 4.18. The number of carbonyl (C=O) groups excluding carboxylic acids is 1. The molecule has 17 heavy (non-hydrogen) atoms. The molecule has 0 spiro atoms. The van der Waals surface area contributed by atoms with Crippen molar-refractivity contribution in [1.29, 1.82) is 5.26 Å². The molecule has 1 rings (SSSR count). The molecule has 92 valence electrons. The zero-order valence-electron chi connectivity index (χ0n) is 9.93. The van der Waals surface area contributed by atoms with Gasteiger partial charge in [0.05, 0.1) is 6.07 Å². The second-order valence-corrected chi connectivity index (χ2v) is 4.98. The van der Waals surface area contributed by atoms with Crippen molar-refractivity contribution in [2.45, 2.75) is 32.9 Å². The van der Waals surface area contributed by atoms with E-state index in [4.69, 9.17) is 5.26 Å². The summed E-state index contributed by atoms with van der Waals surface area (Å²) >= 11 is 0.928. The SMILES string of the molecule is CC(C)C(C)(C#N)NC(=O)Cn1ncsc1=O. The molecule has 1 N–H and O–H groups in total. The van der Waals surface area contributed by atoms with Crippen LogP contribution in [0.15, 0.2) is 10.3 Å². The summed E-state index contributed by atoms with van der Waals surface area (Å²) in [7, 11) is 0. The van der Waals surface area contributed by atoms with Crippen molar-refractivity contribution < 1.29 is 4.79 Å². The van der Waals surface area contributed by atoms with E-state index >= 15 is 0 Å². The molecule has 0 aliphatic carbocycles. The van der Waals surface area contributed by atoms with Gasteiger partial charge in [0, 0.05) is 0 Å². The Balaban J connectivity index is 2.71. The van der Waals surface area contributed by atoms with Gasteiger partial charge in [0.25, 0.3) is 0 Å². The predicted octanol–water partition coefficient (Wildman–Crippen LogP) is 0.359. The highest BCUT2D eigenvalue weighted by Gasteiger charge is 2.30. The number of hydrogen-bond acceptors (Lipinski definition) is 5. The molecular formula is C10H14N4O2S. The molecule has 1 unspecified atom stereocenters. The molecule has 1 atom stereocenters. The second kappa shape index (κ2) is 5.10. The van der Waals surface area contributed by atoms with E-state index < -0.39 is 11.4 Å². The zero-order valence-corrected chi connectivity index (χ0v) is 10.7. The van der Waals surface area contributed by atoms with E-state index in [1.165, 1.54) is 5.51 Å². The van der Waals surface area contributed by atoms with Gasteiger partial charge in [-0.05, 0) is 12.8 Å². The third-order valence-corrected chi connectivity index (χ3v) is 3.24. The van der Waals surface area contributed by atoms with E-state index in [-0.39, 0.29) is 17.3 Å². The van der Waals surface area contributed by atoms with Crippen LogP contribution in [0.4, 0.5) is 0 Å². The van der Waals surface area contributed by atoms with Crippen LogP contribution in [0.3, 0.4) is 0 Å². The van der Waals surface area contributed by atoms with Gasteiger partial charge in [-0.3, -0.25) is 9.59 Å². The number of nitriles is 1. The summed E-state index contributed by atoms with van der Waals surface area (Å²) in [5.74, 6) is -0.417. The maximum Gasteiger partial charge on any atom is 0.325 e. The number of nitrogens with one attached hydrogen (secondary N) is 1. The van der Waals surface area contributed by atoms with Gasteiger partial charge in [0.1, 0.15) is 17.6 Å². The minimum atomic E-state index is -0.934. The Labute approximate surface area is 103 Å². The number of amides is 1. The van der Waals surface area contributed by atoms with Crippen LogP contribution in [-0.2, 0) is 11.3 Å². The molecule has 0 aromatic carbocycles. The third kappa shape index (κ3) is 3.14. The number of carbonyl (C=O) groups is 1. The van der Waals surface area contributed by atoms with E-state index in [1.807, 2.05) is 13.8 Å². The lowest BCUT2D eigenvalue weighted by atomic mass is 9.90. The first kappa shape index (κ1) is 13.4. The van der Waals surface area contributed by atoms with Gasteiger partial charge in [0.2, 0.25) is 5.91 Å². The molecule has 1 aromatic rings. The van der Waals surface area contributed by atoms with Crippen molar-refractivity contribution in [3.63, 3.8) is 0 Å². The molecule has 0 bridgehead atoms. The first-order chi connectivity index (χ1) is 7.89. The lowest BCUT2D eigenvalue weighted by molar-refractivity contribution is -0.123. The van der Waals surface area contributed by atoms with Crippen LogP contribution in [0.5, 0.6) is 0 Å². The van der Waals surface area contributed by atoms with E-state index in [0.29, 0.717) is 0 Å². The number of hydrogen-bond donors (Lipinski definition) is 1. The fraction of sp³-hybridized carbons (Fsp3) is 0.600. The van der Waals surface area contributed by atoms with Crippen LogP contribution in [0.25, 0.3) is 0 Å². The summed E-state index contributed by atoms with van der Waals surface area (Å²) in [6.45, 7) is 5.18. The van der Waals surface area contributed by atoms with Crippen molar-refractivity contribution >= 4 is 17.2 Å². The quantitative estimate of drug-likeness (QED) is 0.840. The lowest BCUT2D eigenvalue weighted by Crippen LogP contribution is -2.50. The van der Waals surface area contributed by atoms with Gasteiger partial charge in [-0.1, -0.05) is 25.2 Å². The first-order valence-electron chi connectivity index (χ1n) is 5.12. The molecule has 0 fully saturated rings. The Morgan fingerprint density at radius 1 is 1.76 bits per heavy atom. The Bertz CT molecular complexity index is 499. The summed E-state index contributed by atoms with van der Waals surface area (Å²) in [5, 5.41) is 15.4. The molecule has 0 radical (unpaired) electrons. The molecule has 0 saturated heterocycles. The van der Waals surface area contributed by atoms with E-state index in [2.05, 4.69) is 16.5 Å². The Morgan fingerprint density at radius 2 is 2.41 bits per heavy atom. The molecule has 1 heterocycles.